The van der Waals surface area contributed by atoms with E-state index in [-0.39, 0.29) is 29.7 Å². The first-order valence-electron chi connectivity index (χ1n) is 9.12. The van der Waals surface area contributed by atoms with Crippen LogP contribution in [0, 0.1) is 0 Å². The van der Waals surface area contributed by atoms with Crippen LogP contribution in [0.15, 0.2) is 4.79 Å². The SMILES string of the molecule is CCC[C@@H](C)Oc1nc(N)c2[nH]c(=O)n(CCC3CCCCO3)c2n1. The molecule has 8 heteroatoms. The fourth-order valence-electron chi connectivity index (χ4n) is 3.24. The largest absolute Gasteiger partial charge is 0.460 e. The summed E-state index contributed by atoms with van der Waals surface area (Å²) in [5, 5.41) is 0. The lowest BCUT2D eigenvalue weighted by Crippen LogP contribution is -2.24. The van der Waals surface area contributed by atoms with Gasteiger partial charge in [-0.1, -0.05) is 13.3 Å². The molecule has 0 amide bonds. The van der Waals surface area contributed by atoms with Crippen molar-refractivity contribution in [2.24, 2.45) is 0 Å². The molecule has 1 saturated heterocycles. The van der Waals surface area contributed by atoms with Crippen LogP contribution in [0.1, 0.15) is 52.4 Å². The Labute approximate surface area is 146 Å². The van der Waals surface area contributed by atoms with Crippen molar-refractivity contribution in [3.63, 3.8) is 0 Å². The summed E-state index contributed by atoms with van der Waals surface area (Å²) in [6.07, 6.45) is 6.22. The molecule has 0 radical (unpaired) electrons. The first-order chi connectivity index (χ1) is 12.1. The van der Waals surface area contributed by atoms with E-state index in [0.717, 1.165) is 38.7 Å². The summed E-state index contributed by atoms with van der Waals surface area (Å²) in [6.45, 7) is 5.40. The van der Waals surface area contributed by atoms with Gasteiger partial charge in [-0.25, -0.2) is 4.79 Å². The Balaban J connectivity index is 1.82. The van der Waals surface area contributed by atoms with E-state index in [0.29, 0.717) is 17.7 Å². The number of nitrogens with one attached hydrogen (secondary N) is 1. The molecule has 1 unspecified atom stereocenters. The monoisotopic (exact) mass is 349 g/mol. The van der Waals surface area contributed by atoms with Crippen LogP contribution in [0.3, 0.4) is 0 Å². The smallest absolute Gasteiger partial charge is 0.327 e. The molecule has 3 heterocycles. The minimum Gasteiger partial charge on any atom is -0.460 e. The number of anilines is 1. The standard InChI is InChI=1S/C17H27N5O3/c1-3-6-11(2)25-16-20-14(18)13-15(21-16)22(17(23)19-13)9-8-12-7-4-5-10-24-12/h11-12H,3-10H2,1-2H3,(H,19,23)(H2,18,20,21)/t11-,12?/m1/s1. The summed E-state index contributed by atoms with van der Waals surface area (Å²) in [4.78, 5) is 23.6. The van der Waals surface area contributed by atoms with E-state index in [4.69, 9.17) is 15.2 Å². The summed E-state index contributed by atoms with van der Waals surface area (Å²) in [5.41, 5.74) is 6.71. The predicted molar refractivity (Wildman–Crippen MR) is 95.8 cm³/mol. The number of imidazole rings is 1. The molecule has 2 aromatic heterocycles. The number of rotatable bonds is 7. The lowest BCUT2D eigenvalue weighted by Gasteiger charge is -2.22. The maximum absolute atomic E-state index is 12.3. The molecule has 8 nitrogen and oxygen atoms in total. The van der Waals surface area contributed by atoms with Crippen molar-refractivity contribution < 1.29 is 9.47 Å². The van der Waals surface area contributed by atoms with E-state index in [1.807, 2.05) is 6.92 Å². The number of H-pyrrole nitrogens is 1. The number of aryl methyl sites for hydroxylation is 1. The number of nitrogens with two attached hydrogens (primary N) is 1. The molecule has 3 rings (SSSR count). The molecule has 2 atom stereocenters. The molecular formula is C17H27N5O3. The number of aromatic amines is 1. The highest BCUT2D eigenvalue weighted by Crippen LogP contribution is 2.21. The Bertz CT molecular complexity index is 763. The Morgan fingerprint density at radius 3 is 3.00 bits per heavy atom. The summed E-state index contributed by atoms with van der Waals surface area (Å²) in [7, 11) is 0. The molecular weight excluding hydrogens is 322 g/mol. The first-order valence-corrected chi connectivity index (χ1v) is 9.12. The molecule has 0 spiro atoms. The molecule has 3 N–H and O–H groups in total. The molecule has 1 aliphatic rings. The Morgan fingerprint density at radius 1 is 1.44 bits per heavy atom. The van der Waals surface area contributed by atoms with Crippen LogP contribution in [0.4, 0.5) is 5.82 Å². The number of hydrogen-bond acceptors (Lipinski definition) is 6. The van der Waals surface area contributed by atoms with Crippen molar-refractivity contribution in [3.05, 3.63) is 10.5 Å². The van der Waals surface area contributed by atoms with Gasteiger partial charge in [0.2, 0.25) is 0 Å². The molecule has 2 aromatic rings. The van der Waals surface area contributed by atoms with Gasteiger partial charge in [-0.3, -0.25) is 4.57 Å². The fraction of sp³-hybridized carbons (Fsp3) is 0.706. The third kappa shape index (κ3) is 4.12. The molecule has 0 bridgehead atoms. The Kier molecular flexibility index (Phi) is 5.57. The van der Waals surface area contributed by atoms with Crippen molar-refractivity contribution >= 4 is 17.0 Å². The van der Waals surface area contributed by atoms with Crippen LogP contribution in [-0.2, 0) is 11.3 Å². The summed E-state index contributed by atoms with van der Waals surface area (Å²) in [5.74, 6) is 0.230. The van der Waals surface area contributed by atoms with Gasteiger partial charge in [0.1, 0.15) is 5.52 Å². The highest BCUT2D eigenvalue weighted by atomic mass is 16.5. The van der Waals surface area contributed by atoms with E-state index in [2.05, 4.69) is 21.9 Å². The molecule has 1 aliphatic heterocycles. The average Bonchev–Trinajstić information content (AvgIpc) is 2.90. The number of aromatic nitrogens is 4. The number of nitrogen functional groups attached to an aromatic ring is 1. The molecule has 25 heavy (non-hydrogen) atoms. The third-order valence-electron chi connectivity index (χ3n) is 4.58. The van der Waals surface area contributed by atoms with Gasteiger partial charge < -0.3 is 20.2 Å². The molecule has 138 valence electrons. The van der Waals surface area contributed by atoms with E-state index in [9.17, 15) is 4.79 Å². The van der Waals surface area contributed by atoms with Crippen LogP contribution in [0.25, 0.3) is 11.2 Å². The maximum Gasteiger partial charge on any atom is 0.327 e. The number of ether oxygens (including phenoxy) is 2. The second-order valence-corrected chi connectivity index (χ2v) is 6.67. The van der Waals surface area contributed by atoms with Crippen molar-refractivity contribution in [1.29, 1.82) is 0 Å². The van der Waals surface area contributed by atoms with Crippen LogP contribution in [-0.4, -0.2) is 38.3 Å². The molecule has 0 aliphatic carbocycles. The van der Waals surface area contributed by atoms with Gasteiger partial charge in [0, 0.05) is 13.2 Å². The van der Waals surface area contributed by atoms with E-state index in [1.165, 1.54) is 6.42 Å². The van der Waals surface area contributed by atoms with Crippen LogP contribution < -0.4 is 16.2 Å². The van der Waals surface area contributed by atoms with Crippen molar-refractivity contribution in [3.8, 4) is 6.01 Å². The predicted octanol–water partition coefficient (Wildman–Crippen LogP) is 2.23. The van der Waals surface area contributed by atoms with E-state index < -0.39 is 0 Å². The lowest BCUT2D eigenvalue weighted by atomic mass is 10.1. The quantitative estimate of drug-likeness (QED) is 0.793. The summed E-state index contributed by atoms with van der Waals surface area (Å²) in [6, 6.07) is 0.215. The van der Waals surface area contributed by atoms with Crippen molar-refractivity contribution in [2.45, 2.75) is 71.1 Å². The minimum absolute atomic E-state index is 0.00315. The van der Waals surface area contributed by atoms with Gasteiger partial charge in [-0.05, 0) is 39.0 Å². The van der Waals surface area contributed by atoms with Crippen LogP contribution in [0.2, 0.25) is 0 Å². The van der Waals surface area contributed by atoms with Gasteiger partial charge in [-0.15, -0.1) is 0 Å². The van der Waals surface area contributed by atoms with E-state index in [1.54, 1.807) is 4.57 Å². The first kappa shape index (κ1) is 17.7. The Morgan fingerprint density at radius 2 is 2.28 bits per heavy atom. The Hall–Kier alpha value is -2.09. The highest BCUT2D eigenvalue weighted by Gasteiger charge is 2.18. The molecule has 1 fully saturated rings. The van der Waals surface area contributed by atoms with Crippen molar-refractivity contribution in [2.75, 3.05) is 12.3 Å². The van der Waals surface area contributed by atoms with Crippen LogP contribution in [0.5, 0.6) is 6.01 Å². The molecule has 0 saturated carbocycles. The minimum atomic E-state index is -0.231. The van der Waals surface area contributed by atoms with Gasteiger partial charge >= 0.3 is 11.7 Å². The topological polar surface area (TPSA) is 108 Å². The zero-order valence-electron chi connectivity index (χ0n) is 15.0. The lowest BCUT2D eigenvalue weighted by molar-refractivity contribution is 0.00883. The second kappa shape index (κ2) is 7.86. The average molecular weight is 349 g/mol. The normalized spacial score (nSPS) is 19.2. The highest BCUT2D eigenvalue weighted by molar-refractivity contribution is 5.81. The van der Waals surface area contributed by atoms with Crippen LogP contribution >= 0.6 is 0 Å². The zero-order chi connectivity index (χ0) is 17.8. The van der Waals surface area contributed by atoms with E-state index >= 15 is 0 Å². The fourth-order valence-corrected chi connectivity index (χ4v) is 3.24. The summed E-state index contributed by atoms with van der Waals surface area (Å²) >= 11 is 0. The van der Waals surface area contributed by atoms with Gasteiger partial charge in [-0.2, -0.15) is 9.97 Å². The maximum atomic E-state index is 12.3. The number of fused-ring (bicyclic) bond motifs is 1. The second-order valence-electron chi connectivity index (χ2n) is 6.67. The zero-order valence-corrected chi connectivity index (χ0v) is 15.0. The van der Waals surface area contributed by atoms with Gasteiger partial charge in [0.05, 0.1) is 12.2 Å². The van der Waals surface area contributed by atoms with Gasteiger partial charge in [0.25, 0.3) is 0 Å². The number of hydrogen-bond donors (Lipinski definition) is 2. The third-order valence-corrected chi connectivity index (χ3v) is 4.58. The summed E-state index contributed by atoms with van der Waals surface area (Å²) < 4.78 is 13.1. The molecule has 0 aromatic carbocycles. The van der Waals surface area contributed by atoms with Gasteiger partial charge in [0.15, 0.2) is 11.5 Å². The van der Waals surface area contributed by atoms with Crippen molar-refractivity contribution in [1.82, 2.24) is 19.5 Å². The number of nitrogens with zero attached hydrogens (tertiary/aromatic N) is 3.